The van der Waals surface area contributed by atoms with Crippen molar-refractivity contribution in [2.45, 2.75) is 44.7 Å². The summed E-state index contributed by atoms with van der Waals surface area (Å²) in [6.45, 7) is 2.63. The molecule has 1 aliphatic carbocycles. The van der Waals surface area contributed by atoms with Crippen LogP contribution in [0.15, 0.2) is 0 Å². The standard InChI is InChI=1S/C14H23F3N2O/c15-14(16,17)12-3-1-11(2-4-12)13(20)19-9-10-5-7-18-8-6-10/h10-12,18H,1-9H2,(H,19,20). The quantitative estimate of drug-likeness (QED) is 0.839. The fourth-order valence-electron chi connectivity index (χ4n) is 3.16. The second kappa shape index (κ2) is 6.78. The zero-order valence-corrected chi connectivity index (χ0v) is 11.6. The van der Waals surface area contributed by atoms with Crippen LogP contribution in [0.2, 0.25) is 0 Å². The molecule has 0 bridgehead atoms. The van der Waals surface area contributed by atoms with Crippen molar-refractivity contribution in [3.63, 3.8) is 0 Å². The van der Waals surface area contributed by atoms with Crippen molar-refractivity contribution in [3.05, 3.63) is 0 Å². The van der Waals surface area contributed by atoms with E-state index in [-0.39, 0.29) is 24.7 Å². The molecule has 1 saturated carbocycles. The predicted molar refractivity (Wildman–Crippen MR) is 70.1 cm³/mol. The number of hydrogen-bond acceptors (Lipinski definition) is 2. The van der Waals surface area contributed by atoms with Crippen LogP contribution in [0.4, 0.5) is 13.2 Å². The van der Waals surface area contributed by atoms with Crippen LogP contribution in [0.1, 0.15) is 38.5 Å². The summed E-state index contributed by atoms with van der Waals surface area (Å²) in [4.78, 5) is 12.0. The first-order valence-electron chi connectivity index (χ1n) is 7.52. The van der Waals surface area contributed by atoms with Gasteiger partial charge in [-0.1, -0.05) is 0 Å². The van der Waals surface area contributed by atoms with E-state index in [4.69, 9.17) is 0 Å². The average molecular weight is 292 g/mol. The Labute approximate surface area is 117 Å². The molecule has 6 heteroatoms. The lowest BCUT2D eigenvalue weighted by molar-refractivity contribution is -0.184. The molecular formula is C14H23F3N2O. The Morgan fingerprint density at radius 2 is 1.65 bits per heavy atom. The number of hydrogen-bond donors (Lipinski definition) is 2. The molecule has 2 fully saturated rings. The number of nitrogens with one attached hydrogen (secondary N) is 2. The van der Waals surface area contributed by atoms with Crippen LogP contribution >= 0.6 is 0 Å². The molecule has 0 aromatic rings. The van der Waals surface area contributed by atoms with Crippen molar-refractivity contribution in [1.82, 2.24) is 10.6 Å². The van der Waals surface area contributed by atoms with E-state index in [2.05, 4.69) is 10.6 Å². The molecule has 1 aliphatic heterocycles. The van der Waals surface area contributed by atoms with Gasteiger partial charge in [0.15, 0.2) is 0 Å². The molecule has 2 rings (SSSR count). The number of amides is 1. The lowest BCUT2D eigenvalue weighted by atomic mass is 9.81. The third kappa shape index (κ3) is 4.36. The Hall–Kier alpha value is -0.780. The lowest BCUT2D eigenvalue weighted by Gasteiger charge is -2.30. The molecule has 1 amide bonds. The van der Waals surface area contributed by atoms with Crippen molar-refractivity contribution in [1.29, 1.82) is 0 Å². The highest BCUT2D eigenvalue weighted by Crippen LogP contribution is 2.39. The number of alkyl halides is 3. The van der Waals surface area contributed by atoms with E-state index in [1.54, 1.807) is 0 Å². The van der Waals surface area contributed by atoms with E-state index in [0.717, 1.165) is 25.9 Å². The van der Waals surface area contributed by atoms with Crippen molar-refractivity contribution >= 4 is 5.91 Å². The minimum atomic E-state index is -4.10. The third-order valence-electron chi connectivity index (χ3n) is 4.58. The van der Waals surface area contributed by atoms with E-state index in [0.29, 0.717) is 25.3 Å². The van der Waals surface area contributed by atoms with Gasteiger partial charge in [-0.05, 0) is 57.5 Å². The third-order valence-corrected chi connectivity index (χ3v) is 4.58. The van der Waals surface area contributed by atoms with E-state index in [1.807, 2.05) is 0 Å². The van der Waals surface area contributed by atoms with Crippen LogP contribution < -0.4 is 10.6 Å². The molecule has 20 heavy (non-hydrogen) atoms. The van der Waals surface area contributed by atoms with E-state index >= 15 is 0 Å². The fraction of sp³-hybridized carbons (Fsp3) is 0.929. The second-order valence-corrected chi connectivity index (χ2v) is 6.03. The molecule has 116 valence electrons. The van der Waals surface area contributed by atoms with Crippen molar-refractivity contribution in [3.8, 4) is 0 Å². The van der Waals surface area contributed by atoms with Gasteiger partial charge >= 0.3 is 6.18 Å². The summed E-state index contributed by atoms with van der Waals surface area (Å²) in [5.41, 5.74) is 0. The topological polar surface area (TPSA) is 41.1 Å². The van der Waals surface area contributed by atoms with Gasteiger partial charge in [0.1, 0.15) is 0 Å². The summed E-state index contributed by atoms with van der Waals surface area (Å²) < 4.78 is 37.7. The second-order valence-electron chi connectivity index (χ2n) is 6.03. The molecule has 1 heterocycles. The molecule has 0 spiro atoms. The summed E-state index contributed by atoms with van der Waals surface area (Å²) in [7, 11) is 0. The van der Waals surface area contributed by atoms with E-state index in [1.165, 1.54) is 0 Å². The fourth-order valence-corrected chi connectivity index (χ4v) is 3.16. The van der Waals surface area contributed by atoms with Gasteiger partial charge in [0, 0.05) is 12.5 Å². The minimum absolute atomic E-state index is 0.0517. The van der Waals surface area contributed by atoms with Crippen molar-refractivity contribution < 1.29 is 18.0 Å². The highest BCUT2D eigenvalue weighted by Gasteiger charge is 2.42. The monoisotopic (exact) mass is 292 g/mol. The first kappa shape index (κ1) is 15.6. The number of carbonyl (C=O) groups is 1. The van der Waals surface area contributed by atoms with Gasteiger partial charge in [0.2, 0.25) is 5.91 Å². The van der Waals surface area contributed by atoms with Gasteiger partial charge in [-0.25, -0.2) is 0 Å². The largest absolute Gasteiger partial charge is 0.391 e. The van der Waals surface area contributed by atoms with Crippen LogP contribution in [-0.2, 0) is 4.79 Å². The molecule has 2 aliphatic rings. The van der Waals surface area contributed by atoms with Crippen LogP contribution in [0, 0.1) is 17.8 Å². The maximum atomic E-state index is 12.6. The Morgan fingerprint density at radius 3 is 2.20 bits per heavy atom. The molecule has 0 atom stereocenters. The minimum Gasteiger partial charge on any atom is -0.356 e. The molecule has 0 radical (unpaired) electrons. The van der Waals surface area contributed by atoms with E-state index in [9.17, 15) is 18.0 Å². The normalized spacial score (nSPS) is 29.1. The smallest absolute Gasteiger partial charge is 0.356 e. The van der Waals surface area contributed by atoms with E-state index < -0.39 is 12.1 Å². The van der Waals surface area contributed by atoms with Crippen molar-refractivity contribution in [2.24, 2.45) is 17.8 Å². The summed E-state index contributed by atoms with van der Waals surface area (Å²) in [6, 6.07) is 0. The Morgan fingerprint density at radius 1 is 1.05 bits per heavy atom. The first-order chi connectivity index (χ1) is 9.47. The Kier molecular flexibility index (Phi) is 5.29. The Balaban J connectivity index is 1.69. The maximum Gasteiger partial charge on any atom is 0.391 e. The Bertz CT molecular complexity index is 319. The summed E-state index contributed by atoms with van der Waals surface area (Å²) in [6.07, 6.45) is -1.08. The zero-order valence-electron chi connectivity index (χ0n) is 11.6. The van der Waals surface area contributed by atoms with Crippen molar-refractivity contribution in [2.75, 3.05) is 19.6 Å². The lowest BCUT2D eigenvalue weighted by Crippen LogP contribution is -2.40. The molecule has 0 aromatic carbocycles. The summed E-state index contributed by atoms with van der Waals surface area (Å²) in [5, 5.41) is 6.19. The summed E-state index contributed by atoms with van der Waals surface area (Å²) in [5.74, 6) is -0.984. The predicted octanol–water partition coefficient (Wildman–Crippen LogP) is 2.47. The van der Waals surface area contributed by atoms with Gasteiger partial charge in [0.05, 0.1) is 5.92 Å². The number of carbonyl (C=O) groups excluding carboxylic acids is 1. The molecule has 1 saturated heterocycles. The number of rotatable bonds is 3. The van der Waals surface area contributed by atoms with Crippen LogP contribution in [0.3, 0.4) is 0 Å². The first-order valence-corrected chi connectivity index (χ1v) is 7.52. The van der Waals surface area contributed by atoms with Gasteiger partial charge in [0.25, 0.3) is 0 Å². The van der Waals surface area contributed by atoms with Crippen LogP contribution in [0.5, 0.6) is 0 Å². The average Bonchev–Trinajstić information content (AvgIpc) is 2.45. The maximum absolute atomic E-state index is 12.6. The molecule has 2 N–H and O–H groups in total. The zero-order chi connectivity index (χ0) is 14.6. The van der Waals surface area contributed by atoms with Crippen LogP contribution in [0.25, 0.3) is 0 Å². The van der Waals surface area contributed by atoms with Gasteiger partial charge in [-0.2, -0.15) is 13.2 Å². The SMILES string of the molecule is O=C(NCC1CCNCC1)C1CCC(C(F)(F)F)CC1. The highest BCUT2D eigenvalue weighted by molar-refractivity contribution is 5.78. The molecule has 0 aromatic heterocycles. The number of piperidine rings is 1. The van der Waals surface area contributed by atoms with Gasteiger partial charge < -0.3 is 10.6 Å². The molecular weight excluding hydrogens is 269 g/mol. The van der Waals surface area contributed by atoms with Gasteiger partial charge in [-0.15, -0.1) is 0 Å². The van der Waals surface area contributed by atoms with Crippen LogP contribution in [-0.4, -0.2) is 31.7 Å². The van der Waals surface area contributed by atoms with Gasteiger partial charge in [-0.3, -0.25) is 4.79 Å². The molecule has 0 unspecified atom stereocenters. The molecule has 3 nitrogen and oxygen atoms in total. The highest BCUT2D eigenvalue weighted by atomic mass is 19.4. The number of halogens is 3. The summed E-state index contributed by atoms with van der Waals surface area (Å²) >= 11 is 0.